The summed E-state index contributed by atoms with van der Waals surface area (Å²) in [5, 5.41) is 9.87. The van der Waals surface area contributed by atoms with Gasteiger partial charge in [-0.15, -0.1) is 11.8 Å². The predicted octanol–water partition coefficient (Wildman–Crippen LogP) is 3.70. The van der Waals surface area contributed by atoms with Crippen molar-refractivity contribution in [3.63, 3.8) is 0 Å². The minimum Gasteiger partial charge on any atom is -0.392 e. The molecule has 3 heteroatoms. The van der Waals surface area contributed by atoms with Gasteiger partial charge in [0.1, 0.15) is 0 Å². The van der Waals surface area contributed by atoms with Crippen LogP contribution in [-0.2, 0) is 0 Å². The standard InChI is InChI=1S/C12H15BrOS/c13-10-5-2-6-11(7-10)15-8-12(14)9-3-1-4-9/h2,5-7,9,12,14H,1,3-4,8H2. The van der Waals surface area contributed by atoms with Crippen LogP contribution in [0.1, 0.15) is 19.3 Å². The van der Waals surface area contributed by atoms with Gasteiger partial charge < -0.3 is 5.11 Å². The summed E-state index contributed by atoms with van der Waals surface area (Å²) in [4.78, 5) is 1.22. The summed E-state index contributed by atoms with van der Waals surface area (Å²) >= 11 is 5.19. The van der Waals surface area contributed by atoms with Gasteiger partial charge in [0.2, 0.25) is 0 Å². The maximum absolute atomic E-state index is 9.87. The maximum atomic E-state index is 9.87. The first-order valence-electron chi connectivity index (χ1n) is 5.32. The van der Waals surface area contributed by atoms with E-state index in [0.717, 1.165) is 10.2 Å². The first kappa shape index (κ1) is 11.5. The minimum absolute atomic E-state index is 0.122. The van der Waals surface area contributed by atoms with Gasteiger partial charge in [0.15, 0.2) is 0 Å². The summed E-state index contributed by atoms with van der Waals surface area (Å²) in [6.45, 7) is 0. The van der Waals surface area contributed by atoms with Crippen molar-refractivity contribution in [1.29, 1.82) is 0 Å². The van der Waals surface area contributed by atoms with E-state index in [1.54, 1.807) is 11.8 Å². The molecule has 1 unspecified atom stereocenters. The lowest BCUT2D eigenvalue weighted by molar-refractivity contribution is 0.0817. The Morgan fingerprint density at radius 1 is 1.47 bits per heavy atom. The Bertz CT molecular complexity index is 325. The number of aliphatic hydroxyl groups is 1. The highest BCUT2D eigenvalue weighted by molar-refractivity contribution is 9.10. The number of thioether (sulfide) groups is 1. The van der Waals surface area contributed by atoms with E-state index in [1.807, 2.05) is 12.1 Å². The molecule has 1 nitrogen and oxygen atoms in total. The number of halogens is 1. The van der Waals surface area contributed by atoms with Gasteiger partial charge in [0.25, 0.3) is 0 Å². The number of benzene rings is 1. The highest BCUT2D eigenvalue weighted by Crippen LogP contribution is 2.32. The summed E-state index contributed by atoms with van der Waals surface area (Å²) in [5.74, 6) is 1.38. The van der Waals surface area contributed by atoms with Crippen LogP contribution in [0.25, 0.3) is 0 Å². The quantitative estimate of drug-likeness (QED) is 0.852. The van der Waals surface area contributed by atoms with E-state index in [0.29, 0.717) is 5.92 Å². The molecule has 0 aliphatic heterocycles. The summed E-state index contributed by atoms with van der Waals surface area (Å²) < 4.78 is 1.10. The molecular formula is C12H15BrOS. The summed E-state index contributed by atoms with van der Waals surface area (Å²) in [6.07, 6.45) is 3.59. The second kappa shape index (κ2) is 5.37. The Balaban J connectivity index is 1.81. The summed E-state index contributed by atoms with van der Waals surface area (Å²) in [6, 6.07) is 8.23. The SMILES string of the molecule is OC(CSc1cccc(Br)c1)C1CCC1. The van der Waals surface area contributed by atoms with E-state index in [2.05, 4.69) is 28.1 Å². The van der Waals surface area contributed by atoms with Crippen molar-refractivity contribution >= 4 is 27.7 Å². The van der Waals surface area contributed by atoms with Gasteiger partial charge in [-0.05, 0) is 37.0 Å². The predicted molar refractivity (Wildman–Crippen MR) is 68.2 cm³/mol. The number of hydrogen-bond donors (Lipinski definition) is 1. The van der Waals surface area contributed by atoms with Crippen LogP contribution in [0.4, 0.5) is 0 Å². The van der Waals surface area contributed by atoms with Gasteiger partial charge in [0.05, 0.1) is 6.10 Å². The van der Waals surface area contributed by atoms with Gasteiger partial charge in [0, 0.05) is 15.1 Å². The average Bonchev–Trinajstić information content (AvgIpc) is 2.12. The van der Waals surface area contributed by atoms with E-state index in [9.17, 15) is 5.11 Å². The molecule has 15 heavy (non-hydrogen) atoms. The van der Waals surface area contributed by atoms with Crippen LogP contribution in [0, 0.1) is 5.92 Å². The largest absolute Gasteiger partial charge is 0.392 e. The molecule has 2 rings (SSSR count). The fourth-order valence-corrected chi connectivity index (χ4v) is 3.27. The summed E-state index contributed by atoms with van der Waals surface area (Å²) in [5.41, 5.74) is 0. The molecular weight excluding hydrogens is 272 g/mol. The Hall–Kier alpha value is 0.01000. The van der Waals surface area contributed by atoms with Crippen LogP contribution >= 0.6 is 27.7 Å². The van der Waals surface area contributed by atoms with Crippen molar-refractivity contribution < 1.29 is 5.11 Å². The second-order valence-electron chi connectivity index (χ2n) is 4.03. The van der Waals surface area contributed by atoms with E-state index in [-0.39, 0.29) is 6.10 Å². The first-order valence-corrected chi connectivity index (χ1v) is 7.10. The van der Waals surface area contributed by atoms with Crippen molar-refractivity contribution in [3.05, 3.63) is 28.7 Å². The molecule has 1 fully saturated rings. The molecule has 1 aliphatic carbocycles. The topological polar surface area (TPSA) is 20.2 Å². The Labute approximate surface area is 103 Å². The van der Waals surface area contributed by atoms with Crippen LogP contribution in [-0.4, -0.2) is 17.0 Å². The van der Waals surface area contributed by atoms with Gasteiger partial charge in [-0.2, -0.15) is 0 Å². The van der Waals surface area contributed by atoms with Crippen molar-refractivity contribution in [2.75, 3.05) is 5.75 Å². The molecule has 1 saturated carbocycles. The lowest BCUT2D eigenvalue weighted by Crippen LogP contribution is -2.28. The zero-order chi connectivity index (χ0) is 10.7. The zero-order valence-corrected chi connectivity index (χ0v) is 10.9. The normalized spacial score (nSPS) is 18.5. The Kier molecular flexibility index (Phi) is 4.12. The minimum atomic E-state index is -0.122. The fraction of sp³-hybridized carbons (Fsp3) is 0.500. The molecule has 1 aromatic carbocycles. The number of aliphatic hydroxyl groups excluding tert-OH is 1. The molecule has 1 aliphatic rings. The van der Waals surface area contributed by atoms with Crippen molar-refractivity contribution in [1.82, 2.24) is 0 Å². The van der Waals surface area contributed by atoms with E-state index < -0.39 is 0 Å². The van der Waals surface area contributed by atoms with Gasteiger partial charge >= 0.3 is 0 Å². The molecule has 82 valence electrons. The van der Waals surface area contributed by atoms with E-state index >= 15 is 0 Å². The number of hydrogen-bond acceptors (Lipinski definition) is 2. The molecule has 0 bridgehead atoms. The van der Waals surface area contributed by atoms with E-state index in [4.69, 9.17) is 0 Å². The highest BCUT2D eigenvalue weighted by atomic mass is 79.9. The first-order chi connectivity index (χ1) is 7.25. The van der Waals surface area contributed by atoms with Gasteiger partial charge in [-0.3, -0.25) is 0 Å². The third kappa shape index (κ3) is 3.23. The lowest BCUT2D eigenvalue weighted by Gasteiger charge is -2.29. The Morgan fingerprint density at radius 3 is 2.87 bits per heavy atom. The fourth-order valence-electron chi connectivity index (χ4n) is 1.70. The number of rotatable bonds is 4. The average molecular weight is 287 g/mol. The van der Waals surface area contributed by atoms with Crippen molar-refractivity contribution in [2.45, 2.75) is 30.3 Å². The second-order valence-corrected chi connectivity index (χ2v) is 6.04. The molecule has 0 spiro atoms. The van der Waals surface area contributed by atoms with Crippen LogP contribution in [0.3, 0.4) is 0 Å². The monoisotopic (exact) mass is 286 g/mol. The molecule has 1 aromatic rings. The van der Waals surface area contributed by atoms with Crippen molar-refractivity contribution in [3.8, 4) is 0 Å². The third-order valence-electron chi connectivity index (χ3n) is 2.91. The van der Waals surface area contributed by atoms with Gasteiger partial charge in [-0.25, -0.2) is 0 Å². The van der Waals surface area contributed by atoms with Crippen LogP contribution in [0.5, 0.6) is 0 Å². The van der Waals surface area contributed by atoms with Crippen LogP contribution in [0.15, 0.2) is 33.6 Å². The van der Waals surface area contributed by atoms with Crippen molar-refractivity contribution in [2.24, 2.45) is 5.92 Å². The molecule has 0 radical (unpaired) electrons. The maximum Gasteiger partial charge on any atom is 0.0662 e. The van der Waals surface area contributed by atoms with Crippen LogP contribution < -0.4 is 0 Å². The lowest BCUT2D eigenvalue weighted by atomic mass is 9.82. The van der Waals surface area contributed by atoms with E-state index in [1.165, 1.54) is 24.2 Å². The molecule has 1 N–H and O–H groups in total. The highest BCUT2D eigenvalue weighted by Gasteiger charge is 2.25. The van der Waals surface area contributed by atoms with Crippen LogP contribution in [0.2, 0.25) is 0 Å². The zero-order valence-electron chi connectivity index (χ0n) is 8.53. The molecule has 1 atom stereocenters. The smallest absolute Gasteiger partial charge is 0.0662 e. The molecule has 0 aromatic heterocycles. The third-order valence-corrected chi connectivity index (χ3v) is 4.50. The molecule has 0 heterocycles. The summed E-state index contributed by atoms with van der Waals surface area (Å²) in [7, 11) is 0. The Morgan fingerprint density at radius 2 is 2.27 bits per heavy atom. The van der Waals surface area contributed by atoms with Gasteiger partial charge in [-0.1, -0.05) is 28.4 Å². The molecule has 0 amide bonds. The molecule has 0 saturated heterocycles.